The van der Waals surface area contributed by atoms with E-state index in [1.807, 2.05) is 25.1 Å². The number of anilines is 1. The van der Waals surface area contributed by atoms with E-state index in [-0.39, 0.29) is 12.5 Å². The van der Waals surface area contributed by atoms with Crippen molar-refractivity contribution >= 4 is 17.7 Å². The molecule has 3 heteroatoms. The first-order valence-electron chi connectivity index (χ1n) is 8.44. The molecule has 2 aromatic carbocycles. The van der Waals surface area contributed by atoms with Crippen LogP contribution in [0.3, 0.4) is 0 Å². The van der Waals surface area contributed by atoms with Gasteiger partial charge in [0.1, 0.15) is 6.54 Å². The van der Waals surface area contributed by atoms with Crippen LogP contribution in [0.25, 0.3) is 6.08 Å². The van der Waals surface area contributed by atoms with Crippen LogP contribution in [0, 0.1) is 0 Å². The molecule has 0 aromatic heterocycles. The summed E-state index contributed by atoms with van der Waals surface area (Å²) in [6.45, 7) is 5.37. The van der Waals surface area contributed by atoms with Crippen molar-refractivity contribution in [3.05, 3.63) is 71.3 Å². The quantitative estimate of drug-likeness (QED) is 0.739. The van der Waals surface area contributed by atoms with Gasteiger partial charge < -0.3 is 9.64 Å². The molecule has 0 aliphatic heterocycles. The Kier molecular flexibility index (Phi) is 4.99. The lowest BCUT2D eigenvalue weighted by atomic mass is 10.0. The number of hydrogen-bond acceptors (Lipinski definition) is 3. The number of carbonyl (C=O) groups is 1. The van der Waals surface area contributed by atoms with E-state index in [4.69, 9.17) is 4.74 Å². The van der Waals surface area contributed by atoms with Crippen LogP contribution < -0.4 is 4.90 Å². The van der Waals surface area contributed by atoms with Crippen LogP contribution in [0.5, 0.6) is 0 Å². The fourth-order valence-electron chi connectivity index (χ4n) is 3.07. The molecule has 0 N–H and O–H groups in total. The van der Waals surface area contributed by atoms with Crippen LogP contribution in [0.15, 0.2) is 54.6 Å². The minimum absolute atomic E-state index is 0.196. The summed E-state index contributed by atoms with van der Waals surface area (Å²) < 4.78 is 5.15. The third-order valence-electron chi connectivity index (χ3n) is 4.33. The number of nitrogens with zero attached hydrogens (tertiary/aromatic N) is 1. The average Bonchev–Trinajstić information content (AvgIpc) is 2.96. The largest absolute Gasteiger partial charge is 0.465 e. The van der Waals surface area contributed by atoms with Gasteiger partial charge in [-0.3, -0.25) is 4.79 Å². The number of carbonyl (C=O) groups excluding carboxylic acids is 1. The number of benzene rings is 2. The van der Waals surface area contributed by atoms with Gasteiger partial charge in [-0.1, -0.05) is 55.5 Å². The zero-order valence-electron chi connectivity index (χ0n) is 14.2. The second-order valence-electron chi connectivity index (χ2n) is 6.11. The molecule has 0 heterocycles. The molecule has 0 saturated carbocycles. The van der Waals surface area contributed by atoms with E-state index in [9.17, 15) is 4.79 Å². The van der Waals surface area contributed by atoms with Crippen molar-refractivity contribution in [2.45, 2.75) is 26.3 Å². The van der Waals surface area contributed by atoms with Crippen molar-refractivity contribution in [3.63, 3.8) is 0 Å². The lowest BCUT2D eigenvalue weighted by Crippen LogP contribution is -2.30. The molecule has 3 rings (SSSR count). The third-order valence-corrected chi connectivity index (χ3v) is 4.33. The number of ether oxygens (including phenoxy) is 1. The third kappa shape index (κ3) is 3.67. The van der Waals surface area contributed by atoms with Crippen LogP contribution in [-0.4, -0.2) is 19.1 Å². The van der Waals surface area contributed by atoms with Gasteiger partial charge in [0, 0.05) is 12.2 Å². The SMILES string of the molecule is CCOC(=O)CN(Cc1ccccc1)c1ccc2c(c1)C=CC2C. The van der Waals surface area contributed by atoms with Gasteiger partial charge in [0.2, 0.25) is 0 Å². The molecule has 24 heavy (non-hydrogen) atoms. The Bertz CT molecular complexity index is 737. The van der Waals surface area contributed by atoms with E-state index in [0.29, 0.717) is 19.1 Å². The smallest absolute Gasteiger partial charge is 0.325 e. The molecule has 0 saturated heterocycles. The molecular formula is C21H23NO2. The lowest BCUT2D eigenvalue weighted by Gasteiger charge is -2.25. The Morgan fingerprint density at radius 3 is 2.71 bits per heavy atom. The zero-order chi connectivity index (χ0) is 16.9. The molecule has 124 valence electrons. The Balaban J connectivity index is 1.86. The molecule has 0 amide bonds. The molecule has 0 fully saturated rings. The highest BCUT2D eigenvalue weighted by Gasteiger charge is 2.17. The molecular weight excluding hydrogens is 298 g/mol. The Morgan fingerprint density at radius 2 is 1.96 bits per heavy atom. The predicted octanol–water partition coefficient (Wildman–Crippen LogP) is 4.39. The topological polar surface area (TPSA) is 29.5 Å². The summed E-state index contributed by atoms with van der Waals surface area (Å²) in [4.78, 5) is 14.1. The highest BCUT2D eigenvalue weighted by Crippen LogP contribution is 2.32. The second-order valence-corrected chi connectivity index (χ2v) is 6.11. The van der Waals surface area contributed by atoms with E-state index >= 15 is 0 Å². The van der Waals surface area contributed by atoms with Gasteiger partial charge in [-0.05, 0) is 41.7 Å². The van der Waals surface area contributed by atoms with Crippen molar-refractivity contribution in [2.75, 3.05) is 18.1 Å². The van der Waals surface area contributed by atoms with Crippen molar-refractivity contribution in [3.8, 4) is 0 Å². The summed E-state index contributed by atoms with van der Waals surface area (Å²) >= 11 is 0. The minimum Gasteiger partial charge on any atom is -0.465 e. The first-order chi connectivity index (χ1) is 11.7. The van der Waals surface area contributed by atoms with E-state index < -0.39 is 0 Å². The van der Waals surface area contributed by atoms with Crippen LogP contribution in [0.2, 0.25) is 0 Å². The fraction of sp³-hybridized carbons (Fsp3) is 0.286. The molecule has 1 atom stereocenters. The molecule has 0 spiro atoms. The first kappa shape index (κ1) is 16.3. The van der Waals surface area contributed by atoms with E-state index in [1.54, 1.807) is 0 Å². The highest BCUT2D eigenvalue weighted by atomic mass is 16.5. The summed E-state index contributed by atoms with van der Waals surface area (Å²) in [6.07, 6.45) is 4.37. The van der Waals surface area contributed by atoms with Crippen LogP contribution in [0.1, 0.15) is 36.5 Å². The van der Waals surface area contributed by atoms with Crippen molar-refractivity contribution in [1.29, 1.82) is 0 Å². The van der Waals surface area contributed by atoms with Gasteiger partial charge in [-0.2, -0.15) is 0 Å². The van der Waals surface area contributed by atoms with Gasteiger partial charge in [0.05, 0.1) is 6.61 Å². The maximum Gasteiger partial charge on any atom is 0.325 e. The molecule has 0 radical (unpaired) electrons. The molecule has 2 aromatic rings. The van der Waals surface area contributed by atoms with Gasteiger partial charge in [0.25, 0.3) is 0 Å². The Hall–Kier alpha value is -2.55. The van der Waals surface area contributed by atoms with E-state index in [2.05, 4.69) is 54.3 Å². The number of rotatable bonds is 6. The van der Waals surface area contributed by atoms with Crippen LogP contribution in [-0.2, 0) is 16.1 Å². The van der Waals surface area contributed by atoms with E-state index in [1.165, 1.54) is 16.7 Å². The summed E-state index contributed by atoms with van der Waals surface area (Å²) in [6, 6.07) is 16.6. The summed E-state index contributed by atoms with van der Waals surface area (Å²) in [5, 5.41) is 0. The first-order valence-corrected chi connectivity index (χ1v) is 8.44. The monoisotopic (exact) mass is 321 g/mol. The van der Waals surface area contributed by atoms with Crippen molar-refractivity contribution in [2.24, 2.45) is 0 Å². The normalized spacial score (nSPS) is 15.2. The second kappa shape index (κ2) is 7.35. The summed E-state index contributed by atoms with van der Waals surface area (Å²) in [7, 11) is 0. The zero-order valence-corrected chi connectivity index (χ0v) is 14.2. The van der Waals surface area contributed by atoms with Crippen LogP contribution >= 0.6 is 0 Å². The Labute approximate surface area is 143 Å². The molecule has 1 aliphatic carbocycles. The lowest BCUT2D eigenvalue weighted by molar-refractivity contribution is -0.141. The highest BCUT2D eigenvalue weighted by molar-refractivity contribution is 5.77. The minimum atomic E-state index is -0.196. The maximum atomic E-state index is 12.0. The Morgan fingerprint density at radius 1 is 1.17 bits per heavy atom. The molecule has 1 unspecified atom stereocenters. The average molecular weight is 321 g/mol. The standard InChI is InChI=1S/C21H23NO2/c1-3-24-21(23)15-22(14-17-7-5-4-6-8-17)19-11-12-20-16(2)9-10-18(20)13-19/h4-13,16H,3,14-15H2,1-2H3. The van der Waals surface area contributed by atoms with Crippen molar-refractivity contribution in [1.82, 2.24) is 0 Å². The number of esters is 1. The number of fused-ring (bicyclic) bond motifs is 1. The fourth-order valence-corrected chi connectivity index (χ4v) is 3.07. The van der Waals surface area contributed by atoms with Gasteiger partial charge >= 0.3 is 5.97 Å². The number of allylic oxidation sites excluding steroid dienone is 1. The number of hydrogen-bond donors (Lipinski definition) is 0. The summed E-state index contributed by atoms with van der Waals surface area (Å²) in [5.41, 5.74) is 4.80. The predicted molar refractivity (Wildman–Crippen MR) is 98.0 cm³/mol. The molecule has 1 aliphatic rings. The summed E-state index contributed by atoms with van der Waals surface area (Å²) in [5.74, 6) is 0.263. The van der Waals surface area contributed by atoms with E-state index in [0.717, 1.165) is 5.69 Å². The maximum absolute atomic E-state index is 12.0. The molecule has 3 nitrogen and oxygen atoms in total. The van der Waals surface area contributed by atoms with Gasteiger partial charge in [0.15, 0.2) is 0 Å². The van der Waals surface area contributed by atoms with Crippen LogP contribution in [0.4, 0.5) is 5.69 Å². The van der Waals surface area contributed by atoms with Gasteiger partial charge in [-0.25, -0.2) is 0 Å². The molecule has 0 bridgehead atoms. The van der Waals surface area contributed by atoms with Crippen molar-refractivity contribution < 1.29 is 9.53 Å². The van der Waals surface area contributed by atoms with Gasteiger partial charge in [-0.15, -0.1) is 0 Å².